The molecule has 186 valence electrons. The molecule has 0 spiro atoms. The SMILES string of the molecule is O=C(NCC1CCN(Cc2ccc(OC(F)(F)F)cc2)CC1)c1nocc1-c1ccc(F)cc1F. The number of carbonyl (C=O) groups excluding carboxylic acids is 1. The summed E-state index contributed by atoms with van der Waals surface area (Å²) in [5.41, 5.74) is 0.953. The Kier molecular flexibility index (Phi) is 7.34. The molecule has 35 heavy (non-hydrogen) atoms. The summed E-state index contributed by atoms with van der Waals surface area (Å²) in [7, 11) is 0. The van der Waals surface area contributed by atoms with E-state index in [1.54, 1.807) is 12.1 Å². The molecule has 1 saturated heterocycles. The van der Waals surface area contributed by atoms with Gasteiger partial charge in [-0.05, 0) is 61.7 Å². The van der Waals surface area contributed by atoms with Gasteiger partial charge in [0.2, 0.25) is 0 Å². The number of nitrogens with one attached hydrogen (secondary N) is 1. The molecule has 1 amide bonds. The van der Waals surface area contributed by atoms with Gasteiger partial charge in [-0.15, -0.1) is 13.2 Å². The molecule has 1 aromatic heterocycles. The number of halogens is 5. The molecule has 0 atom stereocenters. The summed E-state index contributed by atoms with van der Waals surface area (Å²) in [6.07, 6.45) is -1.95. The molecule has 6 nitrogen and oxygen atoms in total. The Bertz CT molecular complexity index is 1160. The lowest BCUT2D eigenvalue weighted by Gasteiger charge is -2.32. The van der Waals surface area contributed by atoms with Gasteiger partial charge in [0.1, 0.15) is 23.6 Å². The molecule has 1 aliphatic rings. The van der Waals surface area contributed by atoms with Crippen LogP contribution in [0.1, 0.15) is 28.9 Å². The van der Waals surface area contributed by atoms with Crippen LogP contribution in [0.5, 0.6) is 5.75 Å². The molecular weight excluding hydrogens is 473 g/mol. The van der Waals surface area contributed by atoms with Crippen LogP contribution in [0, 0.1) is 17.6 Å². The zero-order chi connectivity index (χ0) is 25.0. The van der Waals surface area contributed by atoms with Crippen molar-refractivity contribution >= 4 is 5.91 Å². The van der Waals surface area contributed by atoms with E-state index in [1.807, 2.05) is 0 Å². The normalized spacial score (nSPS) is 15.2. The first kappa shape index (κ1) is 24.6. The first-order chi connectivity index (χ1) is 16.7. The standard InChI is InChI=1S/C24H22F5N3O3/c25-17-3-6-19(21(26)11-17)20-14-34-31-22(20)23(33)30-12-15-7-9-32(10-8-15)13-16-1-4-18(5-2-16)35-24(27,28)29/h1-6,11,14-15H,7-10,12-13H2,(H,30,33). The molecule has 3 aromatic rings. The van der Waals surface area contributed by atoms with E-state index in [9.17, 15) is 26.7 Å². The first-order valence-electron chi connectivity index (χ1n) is 10.9. The molecule has 1 aliphatic heterocycles. The molecule has 0 radical (unpaired) electrons. The van der Waals surface area contributed by atoms with Crippen molar-refractivity contribution in [3.63, 3.8) is 0 Å². The highest BCUT2D eigenvalue weighted by molar-refractivity contribution is 5.98. The monoisotopic (exact) mass is 495 g/mol. The van der Waals surface area contributed by atoms with Crippen molar-refractivity contribution in [1.29, 1.82) is 0 Å². The van der Waals surface area contributed by atoms with Crippen molar-refractivity contribution in [2.75, 3.05) is 19.6 Å². The molecule has 1 N–H and O–H groups in total. The lowest BCUT2D eigenvalue weighted by Crippen LogP contribution is -2.38. The van der Waals surface area contributed by atoms with E-state index in [2.05, 4.69) is 20.1 Å². The average Bonchev–Trinajstić information content (AvgIpc) is 3.28. The Labute approximate surface area is 197 Å². The summed E-state index contributed by atoms with van der Waals surface area (Å²) in [6, 6.07) is 8.83. The maximum atomic E-state index is 14.1. The van der Waals surface area contributed by atoms with Gasteiger partial charge in [-0.3, -0.25) is 9.69 Å². The van der Waals surface area contributed by atoms with E-state index >= 15 is 0 Å². The maximum Gasteiger partial charge on any atom is 0.573 e. The summed E-state index contributed by atoms with van der Waals surface area (Å²) in [5, 5.41) is 6.48. The van der Waals surface area contributed by atoms with Crippen LogP contribution in [0.25, 0.3) is 11.1 Å². The molecular formula is C24H22F5N3O3. The minimum Gasteiger partial charge on any atom is -0.406 e. The Morgan fingerprint density at radius 3 is 2.46 bits per heavy atom. The number of piperidine rings is 1. The number of hydrogen-bond acceptors (Lipinski definition) is 5. The van der Waals surface area contributed by atoms with Crippen molar-refractivity contribution in [1.82, 2.24) is 15.4 Å². The van der Waals surface area contributed by atoms with Crippen molar-refractivity contribution in [3.05, 3.63) is 71.6 Å². The van der Waals surface area contributed by atoms with Crippen molar-refractivity contribution < 1.29 is 36.0 Å². The molecule has 0 unspecified atom stereocenters. The number of carbonyl (C=O) groups is 1. The average molecular weight is 495 g/mol. The zero-order valence-electron chi connectivity index (χ0n) is 18.4. The van der Waals surface area contributed by atoms with Crippen molar-refractivity contribution in [2.24, 2.45) is 5.92 Å². The molecule has 0 aliphatic carbocycles. The van der Waals surface area contributed by atoms with E-state index in [-0.39, 0.29) is 28.5 Å². The van der Waals surface area contributed by atoms with Gasteiger partial charge in [0.05, 0.1) is 5.56 Å². The zero-order valence-corrected chi connectivity index (χ0v) is 18.4. The molecule has 2 heterocycles. The largest absolute Gasteiger partial charge is 0.573 e. The summed E-state index contributed by atoms with van der Waals surface area (Å²) in [5.74, 6) is -2.10. The second-order valence-electron chi connectivity index (χ2n) is 8.32. The fourth-order valence-corrected chi connectivity index (χ4v) is 4.02. The number of alkyl halides is 3. The Morgan fingerprint density at radius 1 is 1.09 bits per heavy atom. The third-order valence-corrected chi connectivity index (χ3v) is 5.83. The highest BCUT2D eigenvalue weighted by atomic mass is 19.4. The van der Waals surface area contributed by atoms with Crippen LogP contribution in [0.3, 0.4) is 0 Å². The number of hydrogen-bond donors (Lipinski definition) is 1. The van der Waals surface area contributed by atoms with Crippen LogP contribution in [0.4, 0.5) is 22.0 Å². The fourth-order valence-electron chi connectivity index (χ4n) is 4.02. The van der Waals surface area contributed by atoms with Gasteiger partial charge in [-0.2, -0.15) is 0 Å². The lowest BCUT2D eigenvalue weighted by molar-refractivity contribution is -0.274. The number of aromatic nitrogens is 1. The minimum atomic E-state index is -4.72. The van der Waals surface area contributed by atoms with Gasteiger partial charge in [-0.25, -0.2) is 8.78 Å². The predicted octanol–water partition coefficient (Wildman–Crippen LogP) is 5.16. The summed E-state index contributed by atoms with van der Waals surface area (Å²) >= 11 is 0. The van der Waals surface area contributed by atoms with Gasteiger partial charge >= 0.3 is 6.36 Å². The molecule has 0 bridgehead atoms. The molecule has 4 rings (SSSR count). The third kappa shape index (κ3) is 6.56. The maximum absolute atomic E-state index is 14.1. The van der Waals surface area contributed by atoms with Crippen LogP contribution in [0.2, 0.25) is 0 Å². The summed E-state index contributed by atoms with van der Waals surface area (Å²) < 4.78 is 72.9. The predicted molar refractivity (Wildman–Crippen MR) is 115 cm³/mol. The second-order valence-corrected chi connectivity index (χ2v) is 8.32. The Balaban J connectivity index is 1.25. The van der Waals surface area contributed by atoms with Crippen LogP contribution in [-0.4, -0.2) is 42.0 Å². The number of likely N-dealkylation sites (tertiary alicyclic amines) is 1. The van der Waals surface area contributed by atoms with Gasteiger partial charge in [0.15, 0.2) is 5.69 Å². The van der Waals surface area contributed by atoms with Crippen molar-refractivity contribution in [3.8, 4) is 16.9 Å². The van der Waals surface area contributed by atoms with E-state index in [0.29, 0.717) is 13.1 Å². The number of nitrogens with zero attached hydrogens (tertiary/aromatic N) is 2. The van der Waals surface area contributed by atoms with Crippen LogP contribution in [-0.2, 0) is 6.54 Å². The molecule has 1 fully saturated rings. The molecule has 11 heteroatoms. The molecule has 2 aromatic carbocycles. The van der Waals surface area contributed by atoms with Gasteiger partial charge < -0.3 is 14.6 Å². The van der Waals surface area contributed by atoms with Gasteiger partial charge in [0.25, 0.3) is 5.91 Å². The summed E-state index contributed by atoms with van der Waals surface area (Å²) in [6.45, 7) is 2.51. The van der Waals surface area contributed by atoms with Crippen LogP contribution in [0.15, 0.2) is 53.3 Å². The highest BCUT2D eigenvalue weighted by Crippen LogP contribution is 2.27. The number of benzene rings is 2. The topological polar surface area (TPSA) is 67.6 Å². The quantitative estimate of drug-likeness (QED) is 0.459. The Hall–Kier alpha value is -3.47. The van der Waals surface area contributed by atoms with Crippen molar-refractivity contribution in [2.45, 2.75) is 25.7 Å². The fraction of sp³-hybridized carbons (Fsp3) is 0.333. The number of ether oxygens (including phenoxy) is 1. The number of amides is 1. The van der Waals surface area contributed by atoms with E-state index in [4.69, 9.17) is 4.52 Å². The van der Waals surface area contributed by atoms with Crippen LogP contribution < -0.4 is 10.1 Å². The molecule has 0 saturated carbocycles. The highest BCUT2D eigenvalue weighted by Gasteiger charge is 2.31. The first-order valence-corrected chi connectivity index (χ1v) is 10.9. The van der Waals surface area contributed by atoms with E-state index < -0.39 is 23.9 Å². The Morgan fingerprint density at radius 2 is 1.80 bits per heavy atom. The van der Waals surface area contributed by atoms with Gasteiger partial charge in [0, 0.05) is 24.7 Å². The lowest BCUT2D eigenvalue weighted by atomic mass is 9.96. The minimum absolute atomic E-state index is 0.0177. The van der Waals surface area contributed by atoms with E-state index in [0.717, 1.165) is 49.9 Å². The van der Waals surface area contributed by atoms with E-state index in [1.165, 1.54) is 18.2 Å². The third-order valence-electron chi connectivity index (χ3n) is 5.83. The summed E-state index contributed by atoms with van der Waals surface area (Å²) in [4.78, 5) is 14.8. The number of rotatable bonds is 7. The van der Waals surface area contributed by atoms with Gasteiger partial charge in [-0.1, -0.05) is 17.3 Å². The van der Waals surface area contributed by atoms with Crippen LogP contribution >= 0.6 is 0 Å². The second kappa shape index (κ2) is 10.4. The smallest absolute Gasteiger partial charge is 0.406 e.